The Hall–Kier alpha value is -1.82. The smallest absolute Gasteiger partial charge is 0.153 e. The summed E-state index contributed by atoms with van der Waals surface area (Å²) in [6.07, 6.45) is 5.18. The molecular formula is C11H15ClN6. The molecule has 0 unspecified atom stereocenters. The van der Waals surface area contributed by atoms with Gasteiger partial charge < -0.3 is 10.6 Å². The van der Waals surface area contributed by atoms with Crippen molar-refractivity contribution in [3.8, 4) is 0 Å². The molecule has 2 aromatic rings. The third-order valence-electron chi connectivity index (χ3n) is 2.92. The third-order valence-corrected chi connectivity index (χ3v) is 3.28. The van der Waals surface area contributed by atoms with Gasteiger partial charge in [0.2, 0.25) is 0 Å². The molecule has 2 heterocycles. The van der Waals surface area contributed by atoms with Gasteiger partial charge >= 0.3 is 0 Å². The standard InChI is InChI=1S/C11H15ClN6/c1-7(8-4-16-17(2)5-8)18(3)11-9(12)10(13)14-6-15-11/h4-7H,1-3H3,(H2,13,14,15)/t7-/m1/s1. The first kappa shape index (κ1) is 12.6. The first-order valence-corrected chi connectivity index (χ1v) is 5.86. The summed E-state index contributed by atoms with van der Waals surface area (Å²) in [6, 6.07) is 0.0884. The molecule has 6 nitrogen and oxygen atoms in total. The molecule has 2 aromatic heterocycles. The maximum absolute atomic E-state index is 6.11. The van der Waals surface area contributed by atoms with Crippen molar-refractivity contribution in [2.24, 2.45) is 7.05 Å². The molecule has 0 aliphatic heterocycles. The van der Waals surface area contributed by atoms with Crippen molar-refractivity contribution in [2.75, 3.05) is 17.7 Å². The van der Waals surface area contributed by atoms with Gasteiger partial charge in [-0.15, -0.1) is 0 Å². The molecule has 0 aliphatic rings. The average molecular weight is 267 g/mol. The third kappa shape index (κ3) is 2.24. The molecule has 0 aliphatic carbocycles. The lowest BCUT2D eigenvalue weighted by molar-refractivity contribution is 0.723. The number of hydrogen-bond acceptors (Lipinski definition) is 5. The second-order valence-corrected chi connectivity index (χ2v) is 4.51. The van der Waals surface area contributed by atoms with E-state index in [9.17, 15) is 0 Å². The Morgan fingerprint density at radius 1 is 1.44 bits per heavy atom. The Bertz CT molecular complexity index is 552. The lowest BCUT2D eigenvalue weighted by Crippen LogP contribution is -2.23. The first-order chi connectivity index (χ1) is 8.50. The Kier molecular flexibility index (Phi) is 3.38. The molecule has 1 atom stereocenters. The minimum absolute atomic E-state index is 0.0884. The normalized spacial score (nSPS) is 12.4. The summed E-state index contributed by atoms with van der Waals surface area (Å²) in [5, 5.41) is 4.52. The number of rotatable bonds is 3. The van der Waals surface area contributed by atoms with Crippen molar-refractivity contribution in [2.45, 2.75) is 13.0 Å². The van der Waals surface area contributed by atoms with E-state index < -0.39 is 0 Å². The molecule has 0 amide bonds. The topological polar surface area (TPSA) is 72.9 Å². The fraction of sp³-hybridized carbons (Fsp3) is 0.364. The van der Waals surface area contributed by atoms with Crippen molar-refractivity contribution >= 4 is 23.2 Å². The minimum atomic E-state index is 0.0884. The highest BCUT2D eigenvalue weighted by molar-refractivity contribution is 6.35. The summed E-state index contributed by atoms with van der Waals surface area (Å²) in [7, 11) is 3.79. The average Bonchev–Trinajstić information content (AvgIpc) is 2.77. The number of aromatic nitrogens is 4. The molecule has 0 saturated heterocycles. The Morgan fingerprint density at radius 2 is 2.17 bits per heavy atom. The number of nitrogens with zero attached hydrogens (tertiary/aromatic N) is 5. The zero-order valence-corrected chi connectivity index (χ0v) is 11.3. The van der Waals surface area contributed by atoms with E-state index in [2.05, 4.69) is 15.1 Å². The molecule has 2 rings (SSSR count). The Labute approximate surface area is 110 Å². The highest BCUT2D eigenvalue weighted by Gasteiger charge is 2.18. The SMILES string of the molecule is C[C@H](c1cnn(C)c1)N(C)c1ncnc(N)c1Cl. The van der Waals surface area contributed by atoms with E-state index in [1.54, 1.807) is 4.68 Å². The van der Waals surface area contributed by atoms with Crippen LogP contribution in [0.4, 0.5) is 11.6 Å². The van der Waals surface area contributed by atoms with Gasteiger partial charge in [0.15, 0.2) is 5.82 Å². The molecule has 7 heteroatoms. The fourth-order valence-corrected chi connectivity index (χ4v) is 1.91. The van der Waals surface area contributed by atoms with E-state index in [4.69, 9.17) is 17.3 Å². The maximum Gasteiger partial charge on any atom is 0.153 e. The number of aryl methyl sites for hydroxylation is 1. The molecule has 0 bridgehead atoms. The molecule has 2 N–H and O–H groups in total. The second kappa shape index (κ2) is 4.81. The van der Waals surface area contributed by atoms with Gasteiger partial charge in [0.1, 0.15) is 17.2 Å². The van der Waals surface area contributed by atoms with E-state index in [1.807, 2.05) is 38.3 Å². The van der Waals surface area contributed by atoms with Crippen molar-refractivity contribution in [3.05, 3.63) is 29.3 Å². The van der Waals surface area contributed by atoms with Gasteiger partial charge in [-0.2, -0.15) is 5.10 Å². The lowest BCUT2D eigenvalue weighted by Gasteiger charge is -2.25. The van der Waals surface area contributed by atoms with Crippen LogP contribution in [0.25, 0.3) is 0 Å². The number of halogens is 1. The summed E-state index contributed by atoms with van der Waals surface area (Å²) in [5.41, 5.74) is 6.75. The van der Waals surface area contributed by atoms with E-state index in [0.717, 1.165) is 5.56 Å². The summed E-state index contributed by atoms with van der Waals surface area (Å²) >= 11 is 6.11. The van der Waals surface area contributed by atoms with Crippen LogP contribution < -0.4 is 10.6 Å². The zero-order valence-electron chi connectivity index (χ0n) is 10.5. The number of anilines is 2. The number of hydrogen-bond donors (Lipinski definition) is 1. The molecule has 18 heavy (non-hydrogen) atoms. The van der Waals surface area contributed by atoms with Crippen molar-refractivity contribution in [1.82, 2.24) is 19.7 Å². The largest absolute Gasteiger partial charge is 0.382 e. The quantitative estimate of drug-likeness (QED) is 0.914. The van der Waals surface area contributed by atoms with E-state index in [0.29, 0.717) is 10.8 Å². The van der Waals surface area contributed by atoms with E-state index in [1.165, 1.54) is 6.33 Å². The maximum atomic E-state index is 6.11. The van der Waals surface area contributed by atoms with Crippen molar-refractivity contribution in [3.63, 3.8) is 0 Å². The highest BCUT2D eigenvalue weighted by atomic mass is 35.5. The molecule has 0 fully saturated rings. The Morgan fingerprint density at radius 3 is 2.78 bits per heavy atom. The van der Waals surface area contributed by atoms with Gasteiger partial charge in [-0.3, -0.25) is 4.68 Å². The van der Waals surface area contributed by atoms with Crippen molar-refractivity contribution in [1.29, 1.82) is 0 Å². The van der Waals surface area contributed by atoms with Gasteiger partial charge in [-0.25, -0.2) is 9.97 Å². The number of nitrogen functional groups attached to an aromatic ring is 1. The highest BCUT2D eigenvalue weighted by Crippen LogP contribution is 2.31. The number of nitrogens with two attached hydrogens (primary N) is 1. The van der Waals surface area contributed by atoms with Crippen LogP contribution >= 0.6 is 11.6 Å². The molecule has 0 radical (unpaired) electrons. The summed E-state index contributed by atoms with van der Waals surface area (Å²) < 4.78 is 1.76. The van der Waals surface area contributed by atoms with Crippen LogP contribution in [-0.4, -0.2) is 26.8 Å². The predicted molar refractivity (Wildman–Crippen MR) is 71.5 cm³/mol. The second-order valence-electron chi connectivity index (χ2n) is 4.13. The first-order valence-electron chi connectivity index (χ1n) is 5.48. The predicted octanol–water partition coefficient (Wildman–Crippen LogP) is 1.64. The Balaban J connectivity index is 2.31. The molecule has 0 saturated carbocycles. The minimum Gasteiger partial charge on any atom is -0.382 e. The van der Waals surface area contributed by atoms with Gasteiger partial charge in [-0.1, -0.05) is 11.6 Å². The van der Waals surface area contributed by atoms with Crippen LogP contribution in [0.5, 0.6) is 0 Å². The van der Waals surface area contributed by atoms with Gasteiger partial charge in [0, 0.05) is 25.9 Å². The molecule has 0 spiro atoms. The van der Waals surface area contributed by atoms with E-state index >= 15 is 0 Å². The van der Waals surface area contributed by atoms with Gasteiger partial charge in [0.25, 0.3) is 0 Å². The fourth-order valence-electron chi connectivity index (χ4n) is 1.68. The molecular weight excluding hydrogens is 252 g/mol. The molecule has 96 valence electrons. The van der Waals surface area contributed by atoms with Crippen LogP contribution in [0.3, 0.4) is 0 Å². The summed E-state index contributed by atoms with van der Waals surface area (Å²) in [4.78, 5) is 9.96. The van der Waals surface area contributed by atoms with Crippen LogP contribution in [0.15, 0.2) is 18.7 Å². The van der Waals surface area contributed by atoms with Crippen molar-refractivity contribution < 1.29 is 0 Å². The van der Waals surface area contributed by atoms with Crippen LogP contribution in [0, 0.1) is 0 Å². The van der Waals surface area contributed by atoms with Crippen LogP contribution in [0.1, 0.15) is 18.5 Å². The van der Waals surface area contributed by atoms with Gasteiger partial charge in [0.05, 0.1) is 12.2 Å². The van der Waals surface area contributed by atoms with Crippen LogP contribution in [0.2, 0.25) is 5.02 Å². The van der Waals surface area contributed by atoms with Crippen LogP contribution in [-0.2, 0) is 7.05 Å². The summed E-state index contributed by atoms with van der Waals surface area (Å²) in [5.74, 6) is 0.896. The van der Waals surface area contributed by atoms with E-state index in [-0.39, 0.29) is 11.9 Å². The zero-order chi connectivity index (χ0) is 13.3. The molecule has 0 aromatic carbocycles. The monoisotopic (exact) mass is 266 g/mol. The lowest BCUT2D eigenvalue weighted by atomic mass is 10.1. The summed E-state index contributed by atoms with van der Waals surface area (Å²) in [6.45, 7) is 2.05. The van der Waals surface area contributed by atoms with Gasteiger partial charge in [-0.05, 0) is 6.92 Å².